The van der Waals surface area contributed by atoms with Crippen molar-refractivity contribution in [2.24, 2.45) is 0 Å². The number of rotatable bonds is 8. The van der Waals surface area contributed by atoms with Crippen molar-refractivity contribution in [3.63, 3.8) is 0 Å². The summed E-state index contributed by atoms with van der Waals surface area (Å²) in [5.74, 6) is 0.243. The number of likely N-dealkylation sites (tertiary alicyclic amines) is 1. The number of aliphatic hydroxyl groups excluding tert-OH is 1. The van der Waals surface area contributed by atoms with Crippen LogP contribution >= 0.6 is 0 Å². The molecular weight excluding hydrogens is 396 g/mol. The monoisotopic (exact) mass is 426 g/mol. The van der Waals surface area contributed by atoms with E-state index in [2.05, 4.69) is 0 Å². The Kier molecular flexibility index (Phi) is 6.85. The lowest BCUT2D eigenvalue weighted by molar-refractivity contribution is -0.140. The molecule has 2 aromatic rings. The first-order chi connectivity index (χ1) is 14.7. The number of carbonyl (C=O) groups is 2. The molecule has 1 aromatic carbocycles. The number of ketones is 1. The maximum absolute atomic E-state index is 12.9. The molecule has 31 heavy (non-hydrogen) atoms. The molecule has 1 amide bonds. The molecule has 1 fully saturated rings. The number of hydrogen-bond acceptors (Lipinski definition) is 6. The molecule has 3 rings (SSSR count). The molecule has 1 N–H and O–H groups in total. The third-order valence-corrected chi connectivity index (χ3v) is 5.07. The number of aliphatic hydroxyl groups is 1. The highest BCUT2D eigenvalue weighted by atomic mass is 16.5. The lowest BCUT2D eigenvalue weighted by Crippen LogP contribution is -2.32. The topological polar surface area (TPSA) is 83.2 Å². The van der Waals surface area contributed by atoms with Gasteiger partial charge in [0.2, 0.25) is 0 Å². The van der Waals surface area contributed by atoms with Gasteiger partial charge < -0.3 is 24.1 Å². The van der Waals surface area contributed by atoms with Crippen LogP contribution in [-0.2, 0) is 9.59 Å². The van der Waals surface area contributed by atoms with Gasteiger partial charge in [-0.25, -0.2) is 0 Å². The van der Waals surface area contributed by atoms with Crippen LogP contribution in [0.4, 0.5) is 0 Å². The lowest BCUT2D eigenvalue weighted by Gasteiger charge is -2.24. The van der Waals surface area contributed by atoms with Gasteiger partial charge in [-0.3, -0.25) is 9.59 Å². The Balaban J connectivity index is 2.00. The number of hydrogen-bond donors (Lipinski definition) is 1. The van der Waals surface area contributed by atoms with E-state index < -0.39 is 17.7 Å². The largest absolute Gasteiger partial charge is 0.507 e. The predicted octanol–water partition coefficient (Wildman–Crippen LogP) is 3.75. The van der Waals surface area contributed by atoms with E-state index in [4.69, 9.17) is 9.15 Å². The molecule has 1 aromatic heterocycles. The maximum Gasteiger partial charge on any atom is 0.295 e. The number of ether oxygens (including phenoxy) is 1. The van der Waals surface area contributed by atoms with Crippen LogP contribution in [0.2, 0.25) is 0 Å². The minimum Gasteiger partial charge on any atom is -0.507 e. The summed E-state index contributed by atoms with van der Waals surface area (Å²) in [5, 5.41) is 11.0. The first-order valence-corrected chi connectivity index (χ1v) is 10.5. The summed E-state index contributed by atoms with van der Waals surface area (Å²) in [6, 6.07) is 9.59. The molecule has 0 radical (unpaired) electrons. The summed E-state index contributed by atoms with van der Waals surface area (Å²) in [4.78, 5) is 29.3. The number of amides is 1. The van der Waals surface area contributed by atoms with Crippen LogP contribution in [0.15, 0.2) is 46.4 Å². The van der Waals surface area contributed by atoms with Crippen LogP contribution in [0.3, 0.4) is 0 Å². The van der Waals surface area contributed by atoms with E-state index in [9.17, 15) is 14.7 Å². The molecule has 2 heterocycles. The van der Waals surface area contributed by atoms with Crippen LogP contribution in [0.5, 0.6) is 5.75 Å². The third-order valence-electron chi connectivity index (χ3n) is 5.07. The van der Waals surface area contributed by atoms with Gasteiger partial charge in [0.05, 0.1) is 11.7 Å². The van der Waals surface area contributed by atoms with Crippen LogP contribution in [-0.4, -0.2) is 59.9 Å². The predicted molar refractivity (Wildman–Crippen MR) is 118 cm³/mol. The van der Waals surface area contributed by atoms with E-state index in [1.807, 2.05) is 32.8 Å². The van der Waals surface area contributed by atoms with Gasteiger partial charge >= 0.3 is 0 Å². The summed E-state index contributed by atoms with van der Waals surface area (Å²) in [5.41, 5.74) is 0.484. The third kappa shape index (κ3) is 4.99. The van der Waals surface area contributed by atoms with Gasteiger partial charge in [0.15, 0.2) is 0 Å². The van der Waals surface area contributed by atoms with Crippen molar-refractivity contribution >= 4 is 17.4 Å². The highest BCUT2D eigenvalue weighted by molar-refractivity contribution is 6.46. The fourth-order valence-electron chi connectivity index (χ4n) is 3.68. The second-order valence-electron chi connectivity index (χ2n) is 8.29. The molecule has 7 nitrogen and oxygen atoms in total. The van der Waals surface area contributed by atoms with Gasteiger partial charge in [-0.05, 0) is 84.2 Å². The van der Waals surface area contributed by atoms with Crippen molar-refractivity contribution in [1.82, 2.24) is 9.80 Å². The number of furan rings is 1. The zero-order chi connectivity index (χ0) is 22.7. The Bertz CT molecular complexity index is 972. The van der Waals surface area contributed by atoms with Gasteiger partial charge in [0.25, 0.3) is 11.7 Å². The van der Waals surface area contributed by atoms with Crippen LogP contribution in [0, 0.1) is 6.92 Å². The van der Waals surface area contributed by atoms with Gasteiger partial charge in [-0.2, -0.15) is 0 Å². The molecule has 166 valence electrons. The first-order valence-electron chi connectivity index (χ1n) is 10.5. The molecule has 0 aliphatic carbocycles. The average molecular weight is 427 g/mol. The van der Waals surface area contributed by atoms with Crippen molar-refractivity contribution in [3.05, 3.63) is 59.1 Å². The maximum atomic E-state index is 12.9. The van der Waals surface area contributed by atoms with Gasteiger partial charge in [0, 0.05) is 12.1 Å². The number of carbonyl (C=O) groups excluding carboxylic acids is 2. The molecule has 1 aliphatic rings. The van der Waals surface area contributed by atoms with Crippen molar-refractivity contribution in [2.75, 3.05) is 27.2 Å². The van der Waals surface area contributed by atoms with Gasteiger partial charge in [0.1, 0.15) is 29.1 Å². The number of Topliss-reactive ketones (excluding diaryl/α,β-unsaturated/α-hetero) is 1. The molecule has 1 aliphatic heterocycles. The summed E-state index contributed by atoms with van der Waals surface area (Å²) >= 11 is 0. The van der Waals surface area contributed by atoms with Crippen LogP contribution < -0.4 is 4.74 Å². The number of aryl methyl sites for hydroxylation is 1. The molecule has 0 bridgehead atoms. The van der Waals surface area contributed by atoms with Crippen molar-refractivity contribution in [3.8, 4) is 5.75 Å². The highest BCUT2D eigenvalue weighted by Crippen LogP contribution is 2.40. The molecule has 0 spiro atoms. The van der Waals surface area contributed by atoms with E-state index in [1.165, 1.54) is 4.90 Å². The molecular formula is C24H30N2O5. The summed E-state index contributed by atoms with van der Waals surface area (Å²) in [6.45, 7) is 6.80. The van der Waals surface area contributed by atoms with Crippen LogP contribution in [0.1, 0.15) is 43.4 Å². The van der Waals surface area contributed by atoms with E-state index in [1.54, 1.807) is 43.3 Å². The van der Waals surface area contributed by atoms with E-state index >= 15 is 0 Å². The number of nitrogens with zero attached hydrogens (tertiary/aromatic N) is 2. The Morgan fingerprint density at radius 3 is 2.39 bits per heavy atom. The smallest absolute Gasteiger partial charge is 0.295 e. The van der Waals surface area contributed by atoms with Crippen molar-refractivity contribution in [1.29, 1.82) is 0 Å². The first kappa shape index (κ1) is 22.6. The molecule has 0 saturated carbocycles. The van der Waals surface area contributed by atoms with Crippen molar-refractivity contribution < 1.29 is 23.8 Å². The molecule has 0 unspecified atom stereocenters. The minimum absolute atomic E-state index is 0.0223. The summed E-state index contributed by atoms with van der Waals surface area (Å²) in [6.07, 6.45) is 0.714. The second-order valence-corrected chi connectivity index (χ2v) is 8.29. The Morgan fingerprint density at radius 1 is 1.16 bits per heavy atom. The van der Waals surface area contributed by atoms with E-state index in [0.29, 0.717) is 35.8 Å². The standard InChI is InChI=1S/C24H30N2O5/c1-15(2)30-18-10-8-17(9-11-18)22(27)20-21(19-12-7-16(3)31-19)26(24(29)23(20)28)14-6-13-25(4)5/h7-12,15,21,27H,6,13-14H2,1-5H3/b22-20+/t21-/m1/s1. The van der Waals surface area contributed by atoms with Gasteiger partial charge in [-0.15, -0.1) is 0 Å². The minimum atomic E-state index is -0.762. The zero-order valence-electron chi connectivity index (χ0n) is 18.7. The molecule has 1 saturated heterocycles. The Hall–Kier alpha value is -3.06. The Morgan fingerprint density at radius 2 is 1.84 bits per heavy atom. The van der Waals surface area contributed by atoms with Crippen LogP contribution in [0.25, 0.3) is 5.76 Å². The van der Waals surface area contributed by atoms with Gasteiger partial charge in [-0.1, -0.05) is 0 Å². The number of benzene rings is 1. The molecule has 1 atom stereocenters. The zero-order valence-corrected chi connectivity index (χ0v) is 18.7. The second kappa shape index (κ2) is 9.39. The fraction of sp³-hybridized carbons (Fsp3) is 0.417. The SMILES string of the molecule is Cc1ccc([C@@H]2/C(=C(\O)c3ccc(OC(C)C)cc3)C(=O)C(=O)N2CCCN(C)C)o1. The fourth-order valence-corrected chi connectivity index (χ4v) is 3.68. The lowest BCUT2D eigenvalue weighted by atomic mass is 9.99. The van der Waals surface area contributed by atoms with E-state index in [0.717, 1.165) is 6.54 Å². The normalized spacial score (nSPS) is 18.4. The molecule has 7 heteroatoms. The highest BCUT2D eigenvalue weighted by Gasteiger charge is 2.47. The average Bonchev–Trinajstić information content (AvgIpc) is 3.23. The quantitative estimate of drug-likeness (QED) is 0.393. The summed E-state index contributed by atoms with van der Waals surface area (Å²) < 4.78 is 11.4. The Labute approximate surface area is 182 Å². The summed E-state index contributed by atoms with van der Waals surface area (Å²) in [7, 11) is 3.91. The van der Waals surface area contributed by atoms with Crippen molar-refractivity contribution in [2.45, 2.75) is 39.3 Å². The van der Waals surface area contributed by atoms with E-state index in [-0.39, 0.29) is 17.4 Å².